The van der Waals surface area contributed by atoms with Crippen molar-refractivity contribution in [2.24, 2.45) is 0 Å². The summed E-state index contributed by atoms with van der Waals surface area (Å²) in [6, 6.07) is 8.06. The van der Waals surface area contributed by atoms with Crippen molar-refractivity contribution in [2.75, 3.05) is 47.5 Å². The predicted octanol–water partition coefficient (Wildman–Crippen LogP) is 5.77. The number of ether oxygens (including phenoxy) is 2. The summed E-state index contributed by atoms with van der Waals surface area (Å²) in [5.41, 5.74) is 2.23. The van der Waals surface area contributed by atoms with Crippen molar-refractivity contribution in [1.82, 2.24) is 5.32 Å². The number of nitrogens with one attached hydrogen (secondary N) is 1. The van der Waals surface area contributed by atoms with E-state index in [4.69, 9.17) is 9.47 Å². The molecule has 0 unspecified atom stereocenters. The summed E-state index contributed by atoms with van der Waals surface area (Å²) < 4.78 is 41.9. The third kappa shape index (κ3) is 6.69. The van der Waals surface area contributed by atoms with Crippen molar-refractivity contribution < 1.29 is 33.3 Å². The molecule has 0 radical (unpaired) electrons. The van der Waals surface area contributed by atoms with Crippen LogP contribution in [0.1, 0.15) is 45.1 Å². The summed E-state index contributed by atoms with van der Waals surface area (Å²) in [5, 5.41) is 23.9. The zero-order chi connectivity index (χ0) is 33.2. The Morgan fingerprint density at radius 3 is 2.48 bits per heavy atom. The number of hydrogen-bond acceptors (Lipinski definition) is 8. The van der Waals surface area contributed by atoms with Gasteiger partial charge < -0.3 is 39.7 Å². The molecule has 0 bridgehead atoms. The van der Waals surface area contributed by atoms with Gasteiger partial charge in [0.05, 0.1) is 24.5 Å². The van der Waals surface area contributed by atoms with Gasteiger partial charge in [-0.25, -0.2) is 8.78 Å². The molecule has 2 aromatic carbocycles. The van der Waals surface area contributed by atoms with Crippen molar-refractivity contribution in [3.63, 3.8) is 0 Å². The van der Waals surface area contributed by atoms with Crippen LogP contribution in [0.25, 0.3) is 5.57 Å². The molecule has 46 heavy (non-hydrogen) atoms. The summed E-state index contributed by atoms with van der Waals surface area (Å²) in [5.74, 6) is -0.741. The molecular weight excluding hydrogens is 594 g/mol. The molecule has 11 heteroatoms. The lowest BCUT2D eigenvalue weighted by Gasteiger charge is -2.40. The van der Waals surface area contributed by atoms with Crippen LogP contribution in [0.2, 0.25) is 0 Å². The molecular formula is C35H42F2N4O5. The minimum Gasteiger partial charge on any atom is -0.508 e. The van der Waals surface area contributed by atoms with E-state index in [2.05, 4.69) is 30.0 Å². The van der Waals surface area contributed by atoms with Crippen LogP contribution in [0, 0.1) is 11.6 Å². The van der Waals surface area contributed by atoms with Gasteiger partial charge in [-0.05, 0) is 62.1 Å². The van der Waals surface area contributed by atoms with Crippen LogP contribution in [0.5, 0.6) is 5.75 Å². The Morgan fingerprint density at radius 1 is 1.13 bits per heavy atom. The minimum atomic E-state index is -1.21. The first kappa shape index (κ1) is 32.9. The van der Waals surface area contributed by atoms with Gasteiger partial charge in [0.2, 0.25) is 6.41 Å². The number of anilines is 3. The number of carbonyl (C=O) groups excluding carboxylic acids is 1. The van der Waals surface area contributed by atoms with Crippen LogP contribution in [0.3, 0.4) is 0 Å². The number of aliphatic hydroxyl groups excluding tert-OH is 1. The van der Waals surface area contributed by atoms with E-state index in [1.54, 1.807) is 11.0 Å². The second-order valence-electron chi connectivity index (χ2n) is 11.8. The number of aliphatic hydroxyl groups is 2. The van der Waals surface area contributed by atoms with Crippen molar-refractivity contribution in [1.29, 1.82) is 0 Å². The fourth-order valence-corrected chi connectivity index (χ4v) is 6.01. The molecule has 0 aromatic heterocycles. The summed E-state index contributed by atoms with van der Waals surface area (Å²) in [6.45, 7) is 16.9. The van der Waals surface area contributed by atoms with Gasteiger partial charge in [0.1, 0.15) is 29.9 Å². The number of nitrogens with zero attached hydrogens (tertiary/aromatic N) is 3. The molecule has 0 spiro atoms. The van der Waals surface area contributed by atoms with Gasteiger partial charge in [0, 0.05) is 48.2 Å². The highest BCUT2D eigenvalue weighted by Gasteiger charge is 2.37. The number of allylic oxidation sites excluding steroid dienone is 1. The van der Waals surface area contributed by atoms with Crippen LogP contribution < -0.4 is 24.8 Å². The largest absolute Gasteiger partial charge is 0.508 e. The lowest BCUT2D eigenvalue weighted by atomic mass is 9.90. The lowest BCUT2D eigenvalue weighted by Crippen LogP contribution is -2.48. The van der Waals surface area contributed by atoms with Gasteiger partial charge in [-0.2, -0.15) is 0 Å². The second kappa shape index (κ2) is 13.5. The van der Waals surface area contributed by atoms with Crippen molar-refractivity contribution >= 4 is 29.0 Å². The average molecular weight is 637 g/mol. The molecule has 6 rings (SSSR count). The molecule has 1 aliphatic carbocycles. The SMILES string of the molecule is C=C(O)C1=CN(C2CC2)c2cc(N3CCC(O)(COc4ccc(N5C[C@H](CNC=O)OC5=C)cc4F)CC3)c(F)cc2C1=C.CC. The molecule has 3 aliphatic heterocycles. The van der Waals surface area contributed by atoms with Gasteiger partial charge in [0.25, 0.3) is 0 Å². The van der Waals surface area contributed by atoms with E-state index in [0.29, 0.717) is 79.4 Å². The van der Waals surface area contributed by atoms with Crippen molar-refractivity contribution in [3.8, 4) is 5.75 Å². The molecule has 2 aromatic rings. The molecule has 3 heterocycles. The van der Waals surface area contributed by atoms with Crippen LogP contribution in [-0.2, 0) is 9.53 Å². The third-order valence-corrected chi connectivity index (χ3v) is 8.69. The van der Waals surface area contributed by atoms with E-state index in [9.17, 15) is 15.0 Å². The van der Waals surface area contributed by atoms with Crippen molar-refractivity contribution in [3.05, 3.63) is 90.7 Å². The van der Waals surface area contributed by atoms with Crippen LogP contribution in [-0.4, -0.2) is 67.2 Å². The summed E-state index contributed by atoms with van der Waals surface area (Å²) >= 11 is 0. The Kier molecular flexibility index (Phi) is 9.62. The lowest BCUT2D eigenvalue weighted by molar-refractivity contribution is -0.109. The molecule has 246 valence electrons. The Morgan fingerprint density at radius 2 is 1.85 bits per heavy atom. The third-order valence-electron chi connectivity index (χ3n) is 8.69. The van der Waals surface area contributed by atoms with E-state index in [-0.39, 0.29) is 30.3 Å². The maximum atomic E-state index is 15.5. The summed E-state index contributed by atoms with van der Waals surface area (Å²) in [7, 11) is 0. The molecule has 1 amide bonds. The van der Waals surface area contributed by atoms with Crippen LogP contribution in [0.15, 0.2) is 73.5 Å². The fourth-order valence-electron chi connectivity index (χ4n) is 6.01. The van der Waals surface area contributed by atoms with Crippen LogP contribution in [0.4, 0.5) is 25.8 Å². The quantitative estimate of drug-likeness (QED) is 0.223. The van der Waals surface area contributed by atoms with Gasteiger partial charge in [-0.1, -0.05) is 27.0 Å². The molecule has 9 nitrogen and oxygen atoms in total. The maximum absolute atomic E-state index is 15.5. The number of benzene rings is 2. The van der Waals surface area contributed by atoms with Gasteiger partial charge in [0.15, 0.2) is 17.4 Å². The second-order valence-corrected chi connectivity index (χ2v) is 11.8. The van der Waals surface area contributed by atoms with Gasteiger partial charge in [-0.15, -0.1) is 0 Å². The number of carbonyl (C=O) groups is 1. The molecule has 1 atom stereocenters. The summed E-state index contributed by atoms with van der Waals surface area (Å²) in [4.78, 5) is 16.2. The number of halogens is 2. The highest BCUT2D eigenvalue weighted by molar-refractivity contribution is 5.92. The number of piperidine rings is 1. The fraction of sp³-hybridized carbons (Fsp3) is 0.400. The van der Waals surface area contributed by atoms with Gasteiger partial charge in [-0.3, -0.25) is 4.79 Å². The Labute approximate surface area is 268 Å². The first-order valence-electron chi connectivity index (χ1n) is 15.7. The number of amides is 1. The molecule has 3 fully saturated rings. The zero-order valence-corrected chi connectivity index (χ0v) is 26.4. The highest BCUT2D eigenvalue weighted by atomic mass is 19.1. The number of hydrogen-bond donors (Lipinski definition) is 3. The Bertz CT molecular complexity index is 1550. The van der Waals surface area contributed by atoms with Crippen LogP contribution >= 0.6 is 0 Å². The molecule has 2 saturated heterocycles. The monoisotopic (exact) mass is 636 g/mol. The Balaban J connectivity index is 0.00000204. The average Bonchev–Trinajstić information content (AvgIpc) is 3.82. The van der Waals surface area contributed by atoms with Gasteiger partial charge >= 0.3 is 0 Å². The molecule has 3 N–H and O–H groups in total. The molecule has 1 saturated carbocycles. The first-order chi connectivity index (χ1) is 22.1. The predicted molar refractivity (Wildman–Crippen MR) is 176 cm³/mol. The van der Waals surface area contributed by atoms with E-state index >= 15 is 8.78 Å². The standard InChI is InChI=1S/C33H36F2N4O5.C2H6/c1-20-26-13-28(34)31(14-30(26)39(23-4-5-23)17-27(20)21(2)41)37-10-8-33(42,9-11-37)18-43-32-7-6-24(12-29(32)35)38-16-25(15-36-19-40)44-22(38)3;1-2/h6-7,12-14,17,19,23,25,41-42H,1-5,8-11,15-16,18H2,(H,36,40);1-2H3/t25-;/m0./s1. The number of rotatable bonds is 10. The topological polar surface area (TPSA) is 97.7 Å². The van der Waals surface area contributed by atoms with Crippen molar-refractivity contribution in [2.45, 2.75) is 57.3 Å². The Hall–Kier alpha value is -4.51. The summed E-state index contributed by atoms with van der Waals surface area (Å²) in [6.07, 6.45) is 4.75. The number of fused-ring (bicyclic) bond motifs is 1. The minimum absolute atomic E-state index is 0.00798. The van der Waals surface area contributed by atoms with E-state index in [1.165, 1.54) is 18.2 Å². The zero-order valence-electron chi connectivity index (χ0n) is 26.4. The molecule has 4 aliphatic rings. The normalized spacial score (nSPS) is 20.2. The van der Waals surface area contributed by atoms with E-state index in [1.807, 2.05) is 31.0 Å². The van der Waals surface area contributed by atoms with E-state index < -0.39 is 17.2 Å². The highest BCUT2D eigenvalue weighted by Crippen LogP contribution is 2.46. The van der Waals surface area contributed by atoms with E-state index in [0.717, 1.165) is 18.5 Å². The first-order valence-corrected chi connectivity index (χ1v) is 15.7. The smallest absolute Gasteiger partial charge is 0.207 e. The maximum Gasteiger partial charge on any atom is 0.207 e.